The molecule has 0 bridgehead atoms. The lowest BCUT2D eigenvalue weighted by Crippen LogP contribution is -2.32. The quantitative estimate of drug-likeness (QED) is 0.176. The van der Waals surface area contributed by atoms with Crippen molar-refractivity contribution in [3.05, 3.63) is 228 Å². The first-order chi connectivity index (χ1) is 28.7. The van der Waals surface area contributed by atoms with Crippen molar-refractivity contribution in [1.82, 2.24) is 9.97 Å². The van der Waals surface area contributed by atoms with Crippen LogP contribution in [0.25, 0.3) is 67.3 Å². The van der Waals surface area contributed by atoms with Crippen LogP contribution >= 0.6 is 0 Å². The summed E-state index contributed by atoms with van der Waals surface area (Å²) in [7, 11) is 0. The van der Waals surface area contributed by atoms with Crippen LogP contribution in [0, 0.1) is 11.3 Å². The molecule has 2 heterocycles. The van der Waals surface area contributed by atoms with Crippen LogP contribution in [-0.4, -0.2) is 9.97 Å². The zero-order valence-corrected chi connectivity index (χ0v) is 31.3. The number of benzene rings is 8. The average Bonchev–Trinajstić information content (AvgIpc) is 3.60. The average molecular weight is 740 g/mol. The standard InChI is InChI=1S/C54H33N3O/c55-34-35-25-27-36(28-26-35)41-18-11-22-46-51(41)43-17-7-8-20-44(43)54(46)45-21-9-10-24-50(45)58-52-42(19-12-23-47(52)54)37-29-31-39(32-30-37)49-33-48(38-13-3-1-4-14-38)56-53(57-49)40-15-5-2-6-16-40/h1-33H. The molecule has 0 N–H and O–H groups in total. The maximum Gasteiger partial charge on any atom is 0.160 e. The first kappa shape index (κ1) is 33.5. The van der Waals surface area contributed by atoms with Gasteiger partial charge in [-0.15, -0.1) is 0 Å². The summed E-state index contributed by atoms with van der Waals surface area (Å²) in [5, 5.41) is 9.54. The molecule has 1 aromatic heterocycles. The van der Waals surface area contributed by atoms with Crippen LogP contribution in [0.2, 0.25) is 0 Å². The van der Waals surface area contributed by atoms with E-state index in [4.69, 9.17) is 14.7 Å². The Labute approximate surface area is 337 Å². The van der Waals surface area contributed by atoms with Crippen molar-refractivity contribution >= 4 is 0 Å². The van der Waals surface area contributed by atoms with Crippen molar-refractivity contribution < 1.29 is 4.74 Å². The Morgan fingerprint density at radius 3 is 1.66 bits per heavy atom. The Hall–Kier alpha value is -7.87. The minimum absolute atomic E-state index is 0.628. The highest BCUT2D eigenvalue weighted by molar-refractivity contribution is 5.97. The Morgan fingerprint density at radius 2 is 0.931 bits per heavy atom. The molecule has 0 radical (unpaired) electrons. The molecular weight excluding hydrogens is 707 g/mol. The molecule has 1 aliphatic carbocycles. The first-order valence-corrected chi connectivity index (χ1v) is 19.5. The third kappa shape index (κ3) is 5.15. The van der Waals surface area contributed by atoms with E-state index >= 15 is 0 Å². The maximum atomic E-state index is 9.54. The summed E-state index contributed by atoms with van der Waals surface area (Å²) < 4.78 is 7.01. The number of nitrogens with zero attached hydrogens (tertiary/aromatic N) is 3. The summed E-state index contributed by atoms with van der Waals surface area (Å²) in [4.78, 5) is 10.1. The van der Waals surface area contributed by atoms with Crippen molar-refractivity contribution in [1.29, 1.82) is 5.26 Å². The number of hydrogen-bond donors (Lipinski definition) is 0. The first-order valence-electron chi connectivity index (χ1n) is 19.5. The van der Waals surface area contributed by atoms with Crippen molar-refractivity contribution in [2.75, 3.05) is 0 Å². The molecular formula is C54H33N3O. The number of fused-ring (bicyclic) bond motifs is 9. The van der Waals surface area contributed by atoms with Gasteiger partial charge in [0.25, 0.3) is 0 Å². The molecule has 1 unspecified atom stereocenters. The predicted octanol–water partition coefficient (Wildman–Crippen LogP) is 13.2. The van der Waals surface area contributed by atoms with E-state index in [0.717, 1.165) is 73.0 Å². The molecule has 4 nitrogen and oxygen atoms in total. The summed E-state index contributed by atoms with van der Waals surface area (Å²) in [5.41, 5.74) is 16.1. The summed E-state index contributed by atoms with van der Waals surface area (Å²) in [6.45, 7) is 0. The van der Waals surface area contributed by atoms with E-state index in [1.165, 1.54) is 22.3 Å². The van der Waals surface area contributed by atoms with E-state index < -0.39 is 5.41 Å². The molecule has 1 aliphatic heterocycles. The molecule has 0 fully saturated rings. The molecule has 1 atom stereocenters. The Kier molecular flexibility index (Phi) is 7.74. The van der Waals surface area contributed by atoms with Crippen molar-refractivity contribution in [3.8, 4) is 84.9 Å². The SMILES string of the molecule is N#Cc1ccc(-c2cccc3c2-c2ccccc2C32c3ccccc3Oc3c(-c4ccc(-c5cc(-c6ccccc6)nc(-c6ccccc6)n5)cc4)cccc32)cc1. The minimum Gasteiger partial charge on any atom is -0.456 e. The van der Waals surface area contributed by atoms with Crippen molar-refractivity contribution in [2.45, 2.75) is 5.41 Å². The Bertz CT molecular complexity index is 3020. The summed E-state index contributed by atoms with van der Waals surface area (Å²) in [6.07, 6.45) is 0. The van der Waals surface area contributed by atoms with Gasteiger partial charge in [0.05, 0.1) is 28.4 Å². The van der Waals surface area contributed by atoms with Gasteiger partial charge in [0.15, 0.2) is 5.82 Å². The third-order valence-electron chi connectivity index (χ3n) is 11.6. The van der Waals surface area contributed by atoms with Crippen LogP contribution in [0.3, 0.4) is 0 Å². The molecule has 4 heteroatoms. The molecule has 9 aromatic rings. The smallest absolute Gasteiger partial charge is 0.160 e. The second-order valence-corrected chi connectivity index (χ2v) is 14.8. The highest BCUT2D eigenvalue weighted by Crippen LogP contribution is 2.64. The normalized spacial score (nSPS) is 14.4. The van der Waals surface area contributed by atoms with E-state index in [0.29, 0.717) is 11.4 Å². The zero-order chi connectivity index (χ0) is 38.6. The number of aromatic nitrogens is 2. The lowest BCUT2D eigenvalue weighted by molar-refractivity contribution is 0.438. The maximum absolute atomic E-state index is 9.54. The highest BCUT2D eigenvalue weighted by Gasteiger charge is 2.52. The van der Waals surface area contributed by atoms with Crippen LogP contribution in [0.5, 0.6) is 11.5 Å². The molecule has 58 heavy (non-hydrogen) atoms. The molecule has 0 saturated carbocycles. The van der Waals surface area contributed by atoms with Crippen LogP contribution in [0.1, 0.15) is 27.8 Å². The molecule has 2 aliphatic rings. The number of rotatable bonds is 5. The van der Waals surface area contributed by atoms with Crippen molar-refractivity contribution in [2.24, 2.45) is 0 Å². The largest absolute Gasteiger partial charge is 0.456 e. The second kappa shape index (κ2) is 13.4. The van der Waals surface area contributed by atoms with E-state index in [-0.39, 0.29) is 0 Å². The summed E-state index contributed by atoms with van der Waals surface area (Å²) in [5.74, 6) is 2.38. The number of nitriles is 1. The predicted molar refractivity (Wildman–Crippen MR) is 231 cm³/mol. The lowest BCUT2D eigenvalue weighted by Gasteiger charge is -2.40. The van der Waals surface area contributed by atoms with Gasteiger partial charge in [-0.2, -0.15) is 5.26 Å². The van der Waals surface area contributed by atoms with E-state index in [1.54, 1.807) is 0 Å². The molecule has 11 rings (SSSR count). The minimum atomic E-state index is -0.628. The molecule has 1 spiro atoms. The van der Waals surface area contributed by atoms with Gasteiger partial charge in [-0.25, -0.2) is 9.97 Å². The monoisotopic (exact) mass is 739 g/mol. The fourth-order valence-electron chi connectivity index (χ4n) is 9.05. The van der Waals surface area contributed by atoms with Crippen LogP contribution in [0.15, 0.2) is 200 Å². The molecule has 8 aromatic carbocycles. The zero-order valence-electron chi connectivity index (χ0n) is 31.3. The van der Waals surface area contributed by atoms with Crippen molar-refractivity contribution in [3.63, 3.8) is 0 Å². The van der Waals surface area contributed by atoms with Crippen LogP contribution < -0.4 is 4.74 Å². The summed E-state index contributed by atoms with van der Waals surface area (Å²) >= 11 is 0. The second-order valence-electron chi connectivity index (χ2n) is 14.8. The van der Waals surface area contributed by atoms with E-state index in [1.807, 2.05) is 48.5 Å². The number of hydrogen-bond acceptors (Lipinski definition) is 4. The van der Waals surface area contributed by atoms with E-state index in [2.05, 4.69) is 158 Å². The van der Waals surface area contributed by atoms with Crippen LogP contribution in [0.4, 0.5) is 0 Å². The van der Waals surface area contributed by atoms with Gasteiger partial charge in [0.2, 0.25) is 0 Å². The molecule has 270 valence electrons. The number of para-hydroxylation sites is 2. The van der Waals surface area contributed by atoms with Gasteiger partial charge in [-0.05, 0) is 63.2 Å². The van der Waals surface area contributed by atoms with Gasteiger partial charge in [-0.1, -0.05) is 176 Å². The third-order valence-corrected chi connectivity index (χ3v) is 11.6. The van der Waals surface area contributed by atoms with Crippen LogP contribution in [-0.2, 0) is 5.41 Å². The van der Waals surface area contributed by atoms with Gasteiger partial charge in [0.1, 0.15) is 11.5 Å². The number of ether oxygens (including phenoxy) is 1. The molecule has 0 amide bonds. The Balaban J connectivity index is 1.08. The van der Waals surface area contributed by atoms with Gasteiger partial charge in [0, 0.05) is 33.4 Å². The summed E-state index contributed by atoms with van der Waals surface area (Å²) in [6, 6.07) is 71.8. The Morgan fingerprint density at radius 1 is 0.414 bits per heavy atom. The van der Waals surface area contributed by atoms with Gasteiger partial charge in [-0.3, -0.25) is 0 Å². The topological polar surface area (TPSA) is 58.8 Å². The lowest BCUT2D eigenvalue weighted by atomic mass is 9.65. The van der Waals surface area contributed by atoms with Gasteiger partial charge >= 0.3 is 0 Å². The van der Waals surface area contributed by atoms with E-state index in [9.17, 15) is 5.26 Å². The molecule has 0 saturated heterocycles. The van der Waals surface area contributed by atoms with Gasteiger partial charge < -0.3 is 4.74 Å². The fraction of sp³-hybridized carbons (Fsp3) is 0.0185. The fourth-order valence-corrected chi connectivity index (χ4v) is 9.05. The highest BCUT2D eigenvalue weighted by atomic mass is 16.5.